The third-order valence-corrected chi connectivity index (χ3v) is 24.2. The van der Waals surface area contributed by atoms with Gasteiger partial charge in [-0.25, -0.2) is 0 Å². The third-order valence-electron chi connectivity index (χ3n) is 7.95. The molecule has 0 rings (SSSR count). The van der Waals surface area contributed by atoms with Crippen LogP contribution in [0.1, 0.15) is 169 Å². The average Bonchev–Trinajstić information content (AvgIpc) is 2.83. The Bertz CT molecular complexity index is 421. The number of allylic oxidation sites excluding steroid dienone is 1. The van der Waals surface area contributed by atoms with Crippen molar-refractivity contribution >= 4 is 18.4 Å². The van der Waals surface area contributed by atoms with Crippen molar-refractivity contribution in [3.63, 3.8) is 0 Å². The second-order valence-electron chi connectivity index (χ2n) is 11.4. The average molecular weight is 586 g/mol. The Kier molecular flexibility index (Phi) is 25.5. The third kappa shape index (κ3) is 18.7. The van der Waals surface area contributed by atoms with Gasteiger partial charge >= 0.3 is 189 Å². The van der Waals surface area contributed by atoms with E-state index in [9.17, 15) is 5.11 Å². The fourth-order valence-electron chi connectivity index (χ4n) is 5.73. The van der Waals surface area contributed by atoms with Gasteiger partial charge in [-0.2, -0.15) is 0 Å². The van der Waals surface area contributed by atoms with E-state index >= 15 is 0 Å². The molecule has 0 aliphatic rings. The summed E-state index contributed by atoms with van der Waals surface area (Å²) in [6.45, 7) is 11.4. The van der Waals surface area contributed by atoms with E-state index in [1.165, 1.54) is 148 Å². The number of aliphatic hydroxyl groups excluding tert-OH is 1. The summed E-state index contributed by atoms with van der Waals surface area (Å²) in [5, 5.41) is 10.3. The normalized spacial score (nSPS) is 13.5. The van der Waals surface area contributed by atoms with Gasteiger partial charge in [0.1, 0.15) is 0 Å². The zero-order valence-electron chi connectivity index (χ0n) is 24.6. The van der Waals surface area contributed by atoms with Gasteiger partial charge in [-0.3, -0.25) is 0 Å². The van der Waals surface area contributed by atoms with Crippen molar-refractivity contribution in [2.24, 2.45) is 0 Å². The van der Waals surface area contributed by atoms with E-state index in [-0.39, 0.29) is 6.10 Å². The van der Waals surface area contributed by atoms with Gasteiger partial charge in [-0.15, -0.1) is 0 Å². The number of hydrogen-bond donors (Lipinski definition) is 1. The molecule has 0 radical (unpaired) electrons. The van der Waals surface area contributed by atoms with E-state index in [1.54, 1.807) is 0 Å². The van der Waals surface area contributed by atoms with Gasteiger partial charge in [0.2, 0.25) is 0 Å². The van der Waals surface area contributed by atoms with Crippen molar-refractivity contribution < 1.29 is 5.11 Å². The monoisotopic (exact) mass is 586 g/mol. The molecular formula is C32H66OSn. The predicted octanol–water partition coefficient (Wildman–Crippen LogP) is 11.6. The molecule has 1 N–H and O–H groups in total. The van der Waals surface area contributed by atoms with Gasteiger partial charge < -0.3 is 0 Å². The van der Waals surface area contributed by atoms with Crippen molar-refractivity contribution in [3.05, 3.63) is 9.67 Å². The number of rotatable bonds is 26. The maximum atomic E-state index is 10.3. The van der Waals surface area contributed by atoms with Crippen LogP contribution in [-0.4, -0.2) is 29.6 Å². The topological polar surface area (TPSA) is 20.2 Å². The van der Waals surface area contributed by atoms with Crippen LogP contribution in [0.25, 0.3) is 0 Å². The molecule has 0 saturated heterocycles. The summed E-state index contributed by atoms with van der Waals surface area (Å²) in [6.07, 6.45) is 31.7. The Balaban J connectivity index is 4.43. The Morgan fingerprint density at radius 3 is 1.18 bits per heavy atom. The number of aliphatic hydroxyl groups is 1. The minimum absolute atomic E-state index is 0.261. The molecule has 0 aromatic carbocycles. The van der Waals surface area contributed by atoms with Crippen molar-refractivity contribution in [2.45, 2.75) is 189 Å². The molecule has 1 atom stereocenters. The standard InChI is InChI=1S/C20H39O.3C4H9.Sn/c1-3-4-5-6-7-8-9-10-11-12-13-14-15-16-17-18-19-20(2)21;3*1-3-4-2;/h19-21H,3-17H2,1-2H3;3*1,3-4H2,2H3;/t20-;;;;/m0..../s1. The van der Waals surface area contributed by atoms with Crippen LogP contribution in [0, 0.1) is 0 Å². The summed E-state index contributed by atoms with van der Waals surface area (Å²) < 4.78 is 6.41. The Morgan fingerprint density at radius 2 is 0.853 bits per heavy atom. The molecule has 0 aromatic rings. The molecule has 0 aliphatic carbocycles. The zero-order chi connectivity index (χ0) is 25.3. The fourth-order valence-corrected chi connectivity index (χ4v) is 23.2. The van der Waals surface area contributed by atoms with Crippen molar-refractivity contribution in [3.8, 4) is 0 Å². The zero-order valence-corrected chi connectivity index (χ0v) is 27.4. The molecule has 0 heterocycles. The summed E-state index contributed by atoms with van der Waals surface area (Å²) in [7, 11) is 0. The molecule has 2 heteroatoms. The Hall–Kier alpha value is 0.499. The first-order chi connectivity index (χ1) is 16.6. The molecule has 0 saturated carbocycles. The fraction of sp³-hybridized carbons (Fsp3) is 0.938. The minimum atomic E-state index is -2.37. The molecular weight excluding hydrogens is 519 g/mol. The summed E-state index contributed by atoms with van der Waals surface area (Å²) in [5.74, 6) is 0. The number of unbranched alkanes of at least 4 members (excludes halogenated alkanes) is 16. The van der Waals surface area contributed by atoms with Gasteiger partial charge in [0.15, 0.2) is 0 Å². The van der Waals surface area contributed by atoms with Crippen LogP contribution in [0.3, 0.4) is 0 Å². The Labute approximate surface area is 221 Å². The van der Waals surface area contributed by atoms with Crippen molar-refractivity contribution in [1.29, 1.82) is 0 Å². The molecule has 34 heavy (non-hydrogen) atoms. The van der Waals surface area contributed by atoms with Crippen LogP contribution in [0.2, 0.25) is 13.3 Å². The van der Waals surface area contributed by atoms with E-state index in [0.29, 0.717) is 0 Å². The number of hydrogen-bond acceptors (Lipinski definition) is 1. The summed E-state index contributed by atoms with van der Waals surface area (Å²) in [5.41, 5.74) is 0. The van der Waals surface area contributed by atoms with Gasteiger partial charge in [-0.1, -0.05) is 32.6 Å². The van der Waals surface area contributed by atoms with E-state index in [1.807, 2.05) is 10.5 Å². The quantitative estimate of drug-likeness (QED) is 0.0791. The van der Waals surface area contributed by atoms with Crippen molar-refractivity contribution in [2.75, 3.05) is 0 Å². The van der Waals surface area contributed by atoms with Crippen LogP contribution >= 0.6 is 0 Å². The molecule has 1 nitrogen and oxygen atoms in total. The summed E-state index contributed by atoms with van der Waals surface area (Å²) >= 11 is -2.37. The molecule has 0 aromatic heterocycles. The van der Waals surface area contributed by atoms with E-state index in [4.69, 9.17) is 0 Å². The van der Waals surface area contributed by atoms with Gasteiger partial charge in [0, 0.05) is 0 Å². The first-order valence-electron chi connectivity index (χ1n) is 16.0. The molecule has 0 fully saturated rings. The molecule has 0 unspecified atom stereocenters. The van der Waals surface area contributed by atoms with Crippen LogP contribution in [-0.2, 0) is 0 Å². The van der Waals surface area contributed by atoms with Crippen LogP contribution in [0.5, 0.6) is 0 Å². The second-order valence-corrected chi connectivity index (χ2v) is 24.8. The van der Waals surface area contributed by atoms with E-state index in [2.05, 4.69) is 33.8 Å². The Morgan fingerprint density at radius 1 is 0.529 bits per heavy atom. The molecule has 0 spiro atoms. The van der Waals surface area contributed by atoms with Crippen LogP contribution < -0.4 is 0 Å². The SMILES string of the molecule is CCCCCCCCCCCCCCCC/[C](=C\[C@H](C)O)[Sn]([CH2]CCC)([CH2]CCC)[CH2]CCC. The molecule has 0 bridgehead atoms. The van der Waals surface area contributed by atoms with Crippen LogP contribution in [0.4, 0.5) is 0 Å². The van der Waals surface area contributed by atoms with Crippen LogP contribution in [0.15, 0.2) is 9.67 Å². The van der Waals surface area contributed by atoms with Gasteiger partial charge in [0.25, 0.3) is 0 Å². The maximum absolute atomic E-state index is 10.3. The van der Waals surface area contributed by atoms with Gasteiger partial charge in [-0.05, 0) is 0 Å². The van der Waals surface area contributed by atoms with Gasteiger partial charge in [0.05, 0.1) is 0 Å². The van der Waals surface area contributed by atoms with Crippen molar-refractivity contribution in [1.82, 2.24) is 0 Å². The molecule has 204 valence electrons. The first kappa shape index (κ1) is 34.5. The summed E-state index contributed by atoms with van der Waals surface area (Å²) in [4.78, 5) is 0. The first-order valence-corrected chi connectivity index (χ1v) is 23.4. The van der Waals surface area contributed by atoms with E-state index < -0.39 is 18.4 Å². The molecule has 0 aliphatic heterocycles. The molecule has 0 amide bonds. The predicted molar refractivity (Wildman–Crippen MR) is 160 cm³/mol. The summed E-state index contributed by atoms with van der Waals surface area (Å²) in [6, 6.07) is 0. The second kappa shape index (κ2) is 25.2. The van der Waals surface area contributed by atoms with E-state index in [0.717, 1.165) is 0 Å².